The lowest BCUT2D eigenvalue weighted by Gasteiger charge is -2.34. The van der Waals surface area contributed by atoms with Crippen molar-refractivity contribution in [2.75, 3.05) is 13.1 Å². The minimum absolute atomic E-state index is 0.213. The van der Waals surface area contributed by atoms with E-state index in [2.05, 4.69) is 22.3 Å². The summed E-state index contributed by atoms with van der Waals surface area (Å²) in [4.78, 5) is 14.2. The van der Waals surface area contributed by atoms with E-state index in [1.807, 2.05) is 18.2 Å². The number of nitrogens with one attached hydrogen (secondary N) is 1. The fourth-order valence-corrected chi connectivity index (χ4v) is 4.64. The number of fused-ring (bicyclic) bond motifs is 1. The molecular formula is C18H27BN2O3. The maximum atomic E-state index is 11.8. The van der Waals surface area contributed by atoms with Gasteiger partial charge in [-0.1, -0.05) is 43.6 Å². The Balaban J connectivity index is 1.75. The van der Waals surface area contributed by atoms with Gasteiger partial charge in [-0.25, -0.2) is 0 Å². The van der Waals surface area contributed by atoms with Crippen molar-refractivity contribution in [3.63, 3.8) is 0 Å². The van der Waals surface area contributed by atoms with Gasteiger partial charge >= 0.3 is 5.97 Å². The lowest BCUT2D eigenvalue weighted by atomic mass is 9.64. The van der Waals surface area contributed by atoms with Gasteiger partial charge in [0.15, 0.2) is 0 Å². The van der Waals surface area contributed by atoms with Gasteiger partial charge in [-0.15, -0.1) is 0 Å². The third-order valence-corrected chi connectivity index (χ3v) is 5.80. The lowest BCUT2D eigenvalue weighted by molar-refractivity contribution is -0.142. The van der Waals surface area contributed by atoms with Crippen LogP contribution in [-0.4, -0.2) is 53.1 Å². The van der Waals surface area contributed by atoms with Crippen molar-refractivity contribution in [3.8, 4) is 0 Å². The highest BCUT2D eigenvalue weighted by molar-refractivity contribution is 6.48. The number of carboxylic acid groups (broad SMARTS) is 1. The van der Waals surface area contributed by atoms with Gasteiger partial charge in [0, 0.05) is 24.5 Å². The summed E-state index contributed by atoms with van der Waals surface area (Å²) in [7, 11) is 0. The fraction of sp³-hybridized carbons (Fsp3) is 0.611. The highest BCUT2D eigenvalue weighted by Gasteiger charge is 2.57. The Bertz CT molecular complexity index is 569. The van der Waals surface area contributed by atoms with Gasteiger partial charge in [-0.2, -0.15) is 0 Å². The summed E-state index contributed by atoms with van der Waals surface area (Å²) >= 11 is 0. The third-order valence-electron chi connectivity index (χ3n) is 5.80. The molecule has 2 saturated heterocycles. The number of carbonyl (C=O) groups is 1. The van der Waals surface area contributed by atoms with Crippen LogP contribution in [0.5, 0.6) is 0 Å². The molecule has 2 fully saturated rings. The summed E-state index contributed by atoms with van der Waals surface area (Å²) in [6.07, 6.45) is 3.38. The molecule has 3 N–H and O–H groups in total. The molecule has 0 bridgehead atoms. The molecule has 5 nitrogen and oxygen atoms in total. The van der Waals surface area contributed by atoms with Crippen molar-refractivity contribution >= 4 is 12.9 Å². The van der Waals surface area contributed by atoms with Crippen molar-refractivity contribution in [3.05, 3.63) is 35.9 Å². The quantitative estimate of drug-likeness (QED) is 0.664. The lowest BCUT2D eigenvalue weighted by Crippen LogP contribution is -2.46. The number of hydrogen-bond donors (Lipinski definition) is 3. The average Bonchev–Trinajstić information content (AvgIpc) is 3.06. The van der Waals surface area contributed by atoms with E-state index in [0.717, 1.165) is 45.2 Å². The van der Waals surface area contributed by atoms with E-state index < -0.39 is 12.0 Å². The molecule has 0 amide bonds. The van der Waals surface area contributed by atoms with Gasteiger partial charge in [0.1, 0.15) is 6.04 Å². The number of aliphatic carboxylic acids is 1. The fourth-order valence-electron chi connectivity index (χ4n) is 4.64. The van der Waals surface area contributed by atoms with Crippen LogP contribution in [0.3, 0.4) is 0 Å². The van der Waals surface area contributed by atoms with E-state index >= 15 is 0 Å². The Labute approximate surface area is 144 Å². The molecule has 6 heteroatoms. The minimum atomic E-state index is -0.740. The first-order valence-electron chi connectivity index (χ1n) is 8.95. The summed E-state index contributed by atoms with van der Waals surface area (Å²) in [5.41, 5.74) is 1.06. The van der Waals surface area contributed by atoms with E-state index in [1.165, 1.54) is 5.56 Å². The smallest absolute Gasteiger partial charge is 0.321 e. The topological polar surface area (TPSA) is 72.8 Å². The van der Waals surface area contributed by atoms with Crippen LogP contribution in [0, 0.1) is 5.41 Å². The Morgan fingerprint density at radius 2 is 2.17 bits per heavy atom. The molecule has 3 rings (SSSR count). The van der Waals surface area contributed by atoms with Gasteiger partial charge in [-0.05, 0) is 31.3 Å². The summed E-state index contributed by atoms with van der Waals surface area (Å²) in [5.74, 6) is -0.740. The zero-order valence-electron chi connectivity index (χ0n) is 14.3. The second-order valence-corrected chi connectivity index (χ2v) is 7.38. The molecule has 24 heavy (non-hydrogen) atoms. The first kappa shape index (κ1) is 17.5. The van der Waals surface area contributed by atoms with Crippen LogP contribution in [0.1, 0.15) is 24.8 Å². The molecule has 2 aliphatic rings. The summed E-state index contributed by atoms with van der Waals surface area (Å²) < 4.78 is 0. The van der Waals surface area contributed by atoms with Crippen molar-refractivity contribution in [2.24, 2.45) is 5.41 Å². The van der Waals surface area contributed by atoms with Crippen LogP contribution in [0.15, 0.2) is 30.3 Å². The van der Waals surface area contributed by atoms with Crippen molar-refractivity contribution in [1.29, 1.82) is 0 Å². The second-order valence-electron chi connectivity index (χ2n) is 7.38. The normalized spacial score (nSPS) is 29.6. The molecule has 1 aromatic carbocycles. The predicted octanol–water partition coefficient (Wildman–Crippen LogP) is 1.70. The summed E-state index contributed by atoms with van der Waals surface area (Å²) in [6, 6.07) is 10.2. The van der Waals surface area contributed by atoms with Gasteiger partial charge < -0.3 is 15.4 Å². The SMILES string of the molecule is CB(O)CCCC12CCN(Cc3ccccc3)C1CNC2C(=O)O. The number of benzene rings is 1. The van der Waals surface area contributed by atoms with Crippen LogP contribution >= 0.6 is 0 Å². The Morgan fingerprint density at radius 1 is 1.42 bits per heavy atom. The van der Waals surface area contributed by atoms with Gasteiger partial charge in [0.2, 0.25) is 0 Å². The first-order valence-corrected chi connectivity index (χ1v) is 8.95. The van der Waals surface area contributed by atoms with E-state index in [4.69, 9.17) is 0 Å². The standard InChI is InChI=1S/C18H27BN2O3/c1-19(24)10-5-8-18-9-11-21(13-14-6-3-2-4-7-14)15(18)12-20-16(18)17(22)23/h2-4,6-7,15-16,20,24H,5,8-13H2,1H3,(H,22,23). The zero-order chi connectivity index (χ0) is 17.2. The van der Waals surface area contributed by atoms with E-state index in [-0.39, 0.29) is 18.4 Å². The molecule has 0 spiro atoms. The highest BCUT2D eigenvalue weighted by Crippen LogP contribution is 2.48. The predicted molar refractivity (Wildman–Crippen MR) is 95.0 cm³/mol. The van der Waals surface area contributed by atoms with Gasteiger partial charge in [-0.3, -0.25) is 9.69 Å². The molecule has 2 aliphatic heterocycles. The molecule has 2 heterocycles. The largest absolute Gasteiger partial charge is 0.480 e. The molecule has 3 unspecified atom stereocenters. The molecule has 3 atom stereocenters. The zero-order valence-corrected chi connectivity index (χ0v) is 14.3. The van der Waals surface area contributed by atoms with Crippen molar-refractivity contribution < 1.29 is 14.9 Å². The monoisotopic (exact) mass is 330 g/mol. The van der Waals surface area contributed by atoms with Crippen LogP contribution in [-0.2, 0) is 11.3 Å². The Morgan fingerprint density at radius 3 is 2.83 bits per heavy atom. The highest BCUT2D eigenvalue weighted by atomic mass is 16.4. The maximum absolute atomic E-state index is 11.8. The maximum Gasteiger partial charge on any atom is 0.321 e. The van der Waals surface area contributed by atoms with Crippen molar-refractivity contribution in [2.45, 2.75) is 51.0 Å². The van der Waals surface area contributed by atoms with Crippen LogP contribution in [0.4, 0.5) is 0 Å². The molecule has 1 aromatic rings. The summed E-state index contributed by atoms with van der Waals surface area (Å²) in [6.45, 7) is 4.03. The minimum Gasteiger partial charge on any atom is -0.480 e. The molecule has 0 radical (unpaired) electrons. The van der Waals surface area contributed by atoms with Crippen LogP contribution < -0.4 is 5.32 Å². The van der Waals surface area contributed by atoms with E-state index in [0.29, 0.717) is 0 Å². The Hall–Kier alpha value is -1.37. The number of nitrogens with zero attached hydrogens (tertiary/aromatic N) is 1. The number of carboxylic acids is 1. The van der Waals surface area contributed by atoms with E-state index in [9.17, 15) is 14.9 Å². The average molecular weight is 330 g/mol. The van der Waals surface area contributed by atoms with Crippen LogP contribution in [0.2, 0.25) is 13.1 Å². The molecule has 0 saturated carbocycles. The third kappa shape index (κ3) is 3.36. The number of rotatable bonds is 7. The second kappa shape index (κ2) is 7.25. The first-order chi connectivity index (χ1) is 11.5. The van der Waals surface area contributed by atoms with Gasteiger partial charge in [0.05, 0.1) is 0 Å². The van der Waals surface area contributed by atoms with Crippen LogP contribution in [0.25, 0.3) is 0 Å². The molecule has 0 aliphatic carbocycles. The number of hydrogen-bond acceptors (Lipinski definition) is 4. The van der Waals surface area contributed by atoms with E-state index in [1.54, 1.807) is 6.82 Å². The molecule has 0 aromatic heterocycles. The molecular weight excluding hydrogens is 303 g/mol. The summed E-state index contributed by atoms with van der Waals surface area (Å²) in [5, 5.41) is 22.5. The Kier molecular flexibility index (Phi) is 5.28. The molecule has 130 valence electrons. The van der Waals surface area contributed by atoms with Crippen molar-refractivity contribution in [1.82, 2.24) is 10.2 Å². The van der Waals surface area contributed by atoms with Gasteiger partial charge in [0.25, 0.3) is 6.92 Å². The number of likely N-dealkylation sites (tertiary alicyclic amines) is 1.